The van der Waals surface area contributed by atoms with Crippen LogP contribution >= 0.6 is 0 Å². The smallest absolute Gasteiger partial charge is 0.332 e. The van der Waals surface area contributed by atoms with Crippen LogP contribution in [-0.4, -0.2) is 54.1 Å². The van der Waals surface area contributed by atoms with E-state index in [-0.39, 0.29) is 18.2 Å². The molecule has 0 aliphatic rings. The zero-order chi connectivity index (χ0) is 23.7. The average molecular weight is 455 g/mol. The Morgan fingerprint density at radius 3 is 2.82 bits per heavy atom. The molecule has 0 saturated carbocycles. The van der Waals surface area contributed by atoms with E-state index in [1.807, 2.05) is 38.1 Å². The molecule has 10 nitrogen and oxygen atoms in total. The molecule has 3 aromatic heterocycles. The standard InChI is InChI=1S/C23H30N6O4/c1-14(8-9-29-13-25-21-20(29)22(31)28(4)23(32)27(21)3)24-11-16(30)12-33-19-7-5-6-18-17(19)10-15(2)26-18/h5-7,10,13-14,16,24,26,30H,8-9,11-12H2,1-4H3. The van der Waals surface area contributed by atoms with Crippen LogP contribution in [0.3, 0.4) is 0 Å². The molecule has 4 rings (SSSR count). The van der Waals surface area contributed by atoms with Crippen molar-refractivity contribution in [3.8, 4) is 5.75 Å². The molecule has 1 aromatic carbocycles. The first-order valence-corrected chi connectivity index (χ1v) is 11.0. The van der Waals surface area contributed by atoms with E-state index in [1.165, 1.54) is 11.6 Å². The van der Waals surface area contributed by atoms with Gasteiger partial charge in [-0.05, 0) is 38.5 Å². The summed E-state index contributed by atoms with van der Waals surface area (Å²) in [6.45, 7) is 5.13. The van der Waals surface area contributed by atoms with Crippen molar-refractivity contribution in [3.05, 3.63) is 57.1 Å². The lowest BCUT2D eigenvalue weighted by atomic mass is 10.2. The minimum absolute atomic E-state index is 0.0873. The summed E-state index contributed by atoms with van der Waals surface area (Å²) >= 11 is 0. The number of aromatic nitrogens is 5. The number of hydrogen-bond donors (Lipinski definition) is 3. The van der Waals surface area contributed by atoms with Crippen LogP contribution in [0.5, 0.6) is 5.75 Å². The second-order valence-electron chi connectivity index (χ2n) is 8.55. The highest BCUT2D eigenvalue weighted by Gasteiger charge is 2.15. The predicted octanol–water partition coefficient (Wildman–Crippen LogP) is 1.03. The lowest BCUT2D eigenvalue weighted by molar-refractivity contribution is 0.104. The summed E-state index contributed by atoms with van der Waals surface area (Å²) in [4.78, 5) is 32.1. The molecule has 2 atom stereocenters. The molecule has 4 aromatic rings. The van der Waals surface area contributed by atoms with Crippen LogP contribution in [0.4, 0.5) is 0 Å². The molecule has 10 heteroatoms. The van der Waals surface area contributed by atoms with Gasteiger partial charge in [-0.15, -0.1) is 0 Å². The van der Waals surface area contributed by atoms with Gasteiger partial charge >= 0.3 is 5.69 Å². The maximum atomic E-state index is 12.5. The molecule has 0 radical (unpaired) electrons. The minimum atomic E-state index is -0.668. The van der Waals surface area contributed by atoms with E-state index in [0.717, 1.165) is 26.9 Å². The molecular weight excluding hydrogens is 424 g/mol. The number of hydrogen-bond acceptors (Lipinski definition) is 6. The molecule has 0 aliphatic carbocycles. The molecule has 0 aliphatic heterocycles. The fraction of sp³-hybridized carbons (Fsp3) is 0.435. The van der Waals surface area contributed by atoms with Crippen molar-refractivity contribution in [2.24, 2.45) is 14.1 Å². The first-order valence-electron chi connectivity index (χ1n) is 11.0. The Morgan fingerprint density at radius 2 is 2.03 bits per heavy atom. The summed E-state index contributed by atoms with van der Waals surface area (Å²) in [5.74, 6) is 0.743. The van der Waals surface area contributed by atoms with Crippen molar-refractivity contribution in [3.63, 3.8) is 0 Å². The van der Waals surface area contributed by atoms with Crippen molar-refractivity contribution in [1.29, 1.82) is 0 Å². The summed E-state index contributed by atoms with van der Waals surface area (Å²) in [5.41, 5.74) is 2.10. The number of nitrogens with zero attached hydrogens (tertiary/aromatic N) is 4. The molecule has 176 valence electrons. The third-order valence-electron chi connectivity index (χ3n) is 5.91. The van der Waals surface area contributed by atoms with E-state index < -0.39 is 11.8 Å². The lowest BCUT2D eigenvalue weighted by Gasteiger charge is -2.18. The van der Waals surface area contributed by atoms with Crippen molar-refractivity contribution in [2.75, 3.05) is 13.2 Å². The Labute approximate surface area is 190 Å². The molecule has 0 spiro atoms. The number of fused-ring (bicyclic) bond motifs is 2. The van der Waals surface area contributed by atoms with E-state index in [2.05, 4.69) is 15.3 Å². The Hall–Kier alpha value is -3.37. The van der Waals surface area contributed by atoms with Gasteiger partial charge in [0.25, 0.3) is 5.56 Å². The van der Waals surface area contributed by atoms with Crippen molar-refractivity contribution in [1.82, 2.24) is 29.0 Å². The van der Waals surface area contributed by atoms with Gasteiger partial charge in [0.05, 0.1) is 6.33 Å². The van der Waals surface area contributed by atoms with Crippen LogP contribution in [0.25, 0.3) is 22.1 Å². The molecule has 2 unspecified atom stereocenters. The molecule has 0 bridgehead atoms. The van der Waals surface area contributed by atoms with Gasteiger partial charge in [-0.3, -0.25) is 13.9 Å². The zero-order valence-corrected chi connectivity index (χ0v) is 19.3. The number of nitrogens with one attached hydrogen (secondary N) is 2. The zero-order valence-electron chi connectivity index (χ0n) is 19.3. The average Bonchev–Trinajstić information content (AvgIpc) is 3.40. The Kier molecular flexibility index (Phi) is 6.39. The topological polar surface area (TPSA) is 119 Å². The molecular formula is C23H30N6O4. The summed E-state index contributed by atoms with van der Waals surface area (Å²) in [6, 6.07) is 7.93. The molecule has 0 saturated heterocycles. The monoisotopic (exact) mass is 454 g/mol. The highest BCUT2D eigenvalue weighted by Crippen LogP contribution is 2.26. The van der Waals surface area contributed by atoms with Gasteiger partial charge in [-0.25, -0.2) is 9.78 Å². The van der Waals surface area contributed by atoms with E-state index in [0.29, 0.717) is 30.7 Å². The van der Waals surface area contributed by atoms with Crippen LogP contribution in [0.15, 0.2) is 40.2 Å². The number of benzene rings is 1. The number of aromatic amines is 1. The fourth-order valence-corrected chi connectivity index (χ4v) is 3.98. The number of aliphatic hydroxyl groups is 1. The summed E-state index contributed by atoms with van der Waals surface area (Å²) < 4.78 is 10.1. The third-order valence-corrected chi connectivity index (χ3v) is 5.91. The number of imidazole rings is 1. The quantitative estimate of drug-likeness (QED) is 0.348. The number of ether oxygens (including phenoxy) is 1. The Balaban J connectivity index is 1.30. The highest BCUT2D eigenvalue weighted by molar-refractivity contribution is 5.86. The van der Waals surface area contributed by atoms with Gasteiger partial charge in [-0.2, -0.15) is 0 Å². The molecule has 0 fully saturated rings. The van der Waals surface area contributed by atoms with Gasteiger partial charge in [0, 0.05) is 49.8 Å². The number of H-pyrrole nitrogens is 1. The SMILES string of the molecule is Cc1cc2c(OCC(O)CNC(C)CCn3cnc4c3c(=O)n(C)c(=O)n4C)cccc2[nH]1. The lowest BCUT2D eigenvalue weighted by Crippen LogP contribution is -2.38. The van der Waals surface area contributed by atoms with Gasteiger partial charge < -0.3 is 24.7 Å². The van der Waals surface area contributed by atoms with E-state index >= 15 is 0 Å². The fourth-order valence-electron chi connectivity index (χ4n) is 3.98. The highest BCUT2D eigenvalue weighted by atomic mass is 16.5. The predicted molar refractivity (Wildman–Crippen MR) is 127 cm³/mol. The Bertz CT molecular complexity index is 1400. The number of aliphatic hydroxyl groups excluding tert-OH is 1. The molecule has 33 heavy (non-hydrogen) atoms. The molecule has 3 heterocycles. The van der Waals surface area contributed by atoms with Crippen LogP contribution in [-0.2, 0) is 20.6 Å². The minimum Gasteiger partial charge on any atom is -0.490 e. The van der Waals surface area contributed by atoms with E-state index in [1.54, 1.807) is 17.9 Å². The van der Waals surface area contributed by atoms with Crippen LogP contribution < -0.4 is 21.3 Å². The van der Waals surface area contributed by atoms with Gasteiger partial charge in [0.1, 0.15) is 18.5 Å². The summed E-state index contributed by atoms with van der Waals surface area (Å²) in [5, 5.41) is 14.7. The molecule has 0 amide bonds. The van der Waals surface area contributed by atoms with Crippen LogP contribution in [0, 0.1) is 6.92 Å². The first-order chi connectivity index (χ1) is 15.8. The second-order valence-corrected chi connectivity index (χ2v) is 8.55. The maximum absolute atomic E-state index is 12.5. The van der Waals surface area contributed by atoms with Crippen molar-refractivity contribution >= 4 is 22.1 Å². The maximum Gasteiger partial charge on any atom is 0.332 e. The first kappa shape index (κ1) is 22.8. The summed E-state index contributed by atoms with van der Waals surface area (Å²) in [6.07, 6.45) is 1.63. The normalized spacial score (nSPS) is 13.6. The summed E-state index contributed by atoms with van der Waals surface area (Å²) in [7, 11) is 3.07. The van der Waals surface area contributed by atoms with E-state index in [9.17, 15) is 14.7 Å². The van der Waals surface area contributed by atoms with Crippen LogP contribution in [0.1, 0.15) is 19.0 Å². The Morgan fingerprint density at radius 1 is 1.24 bits per heavy atom. The van der Waals surface area contributed by atoms with Gasteiger partial charge in [-0.1, -0.05) is 6.07 Å². The van der Waals surface area contributed by atoms with Crippen molar-refractivity contribution < 1.29 is 9.84 Å². The van der Waals surface area contributed by atoms with Gasteiger partial charge in [0.15, 0.2) is 11.2 Å². The number of rotatable bonds is 9. The largest absolute Gasteiger partial charge is 0.490 e. The third kappa shape index (κ3) is 4.57. The van der Waals surface area contributed by atoms with Crippen molar-refractivity contribution in [2.45, 2.75) is 39.0 Å². The second kappa shape index (κ2) is 9.24. The molecule has 3 N–H and O–H groups in total. The van der Waals surface area contributed by atoms with Crippen LogP contribution in [0.2, 0.25) is 0 Å². The number of aryl methyl sites for hydroxylation is 3. The van der Waals surface area contributed by atoms with E-state index in [4.69, 9.17) is 4.74 Å². The van der Waals surface area contributed by atoms with Gasteiger partial charge in [0.2, 0.25) is 0 Å².